The quantitative estimate of drug-likeness (QED) is 0.870. The molecular formula is C16H16BrClN2. The number of anilines is 1. The Morgan fingerprint density at radius 1 is 1.10 bits per heavy atom. The molecule has 1 aliphatic rings. The first-order valence-corrected chi connectivity index (χ1v) is 7.91. The predicted molar refractivity (Wildman–Crippen MR) is 88.6 cm³/mol. The lowest BCUT2D eigenvalue weighted by molar-refractivity contribution is 0.489. The first-order valence-electron chi connectivity index (χ1n) is 6.73. The molecular weight excluding hydrogens is 336 g/mol. The van der Waals surface area contributed by atoms with Crippen LogP contribution in [0.4, 0.5) is 5.69 Å². The summed E-state index contributed by atoms with van der Waals surface area (Å²) >= 11 is 9.86. The number of rotatable bonds is 2. The van der Waals surface area contributed by atoms with Crippen molar-refractivity contribution in [1.29, 1.82) is 0 Å². The zero-order valence-electron chi connectivity index (χ0n) is 11.0. The summed E-state index contributed by atoms with van der Waals surface area (Å²) in [6.07, 6.45) is 0. The molecule has 20 heavy (non-hydrogen) atoms. The molecule has 2 aromatic carbocycles. The highest BCUT2D eigenvalue weighted by Crippen LogP contribution is 2.37. The van der Waals surface area contributed by atoms with Crippen LogP contribution in [0.1, 0.15) is 11.6 Å². The van der Waals surface area contributed by atoms with Crippen molar-refractivity contribution in [3.8, 4) is 0 Å². The van der Waals surface area contributed by atoms with Crippen molar-refractivity contribution >= 4 is 33.2 Å². The van der Waals surface area contributed by atoms with E-state index in [1.165, 1.54) is 5.56 Å². The van der Waals surface area contributed by atoms with Crippen LogP contribution in [0, 0.1) is 0 Å². The summed E-state index contributed by atoms with van der Waals surface area (Å²) in [6.45, 7) is 2.91. The normalized spacial score (nSPS) is 19.1. The molecule has 104 valence electrons. The lowest BCUT2D eigenvalue weighted by Crippen LogP contribution is -2.46. The second-order valence-corrected chi connectivity index (χ2v) is 6.10. The largest absolute Gasteiger partial charge is 0.361 e. The van der Waals surface area contributed by atoms with Gasteiger partial charge in [0.05, 0.1) is 21.2 Å². The maximum Gasteiger partial charge on any atom is 0.0667 e. The molecule has 2 aromatic rings. The molecule has 1 unspecified atom stereocenters. The predicted octanol–water partition coefficient (Wildman–Crippen LogP) is 4.25. The monoisotopic (exact) mass is 350 g/mol. The molecule has 1 fully saturated rings. The highest BCUT2D eigenvalue weighted by Gasteiger charge is 2.25. The van der Waals surface area contributed by atoms with E-state index in [0.29, 0.717) is 6.04 Å². The zero-order chi connectivity index (χ0) is 13.9. The number of hydrogen-bond acceptors (Lipinski definition) is 2. The third-order valence-electron chi connectivity index (χ3n) is 3.67. The second-order valence-electron chi connectivity index (χ2n) is 4.90. The molecule has 1 heterocycles. The van der Waals surface area contributed by atoms with Crippen molar-refractivity contribution in [3.05, 3.63) is 63.6 Å². The lowest BCUT2D eigenvalue weighted by atomic mass is 10.0. The van der Waals surface area contributed by atoms with Gasteiger partial charge in [-0.3, -0.25) is 0 Å². The summed E-state index contributed by atoms with van der Waals surface area (Å²) in [5.74, 6) is 0. The summed E-state index contributed by atoms with van der Waals surface area (Å²) in [5.41, 5.74) is 2.49. The number of nitrogens with zero attached hydrogens (tertiary/aromatic N) is 1. The van der Waals surface area contributed by atoms with Crippen molar-refractivity contribution in [2.24, 2.45) is 0 Å². The molecule has 0 aromatic heterocycles. The van der Waals surface area contributed by atoms with Gasteiger partial charge in [0.1, 0.15) is 0 Å². The SMILES string of the molecule is Clc1cccc(N2CCNCC2c2ccccc2)c1Br. The molecule has 4 heteroatoms. The minimum Gasteiger partial charge on any atom is -0.361 e. The summed E-state index contributed by atoms with van der Waals surface area (Å²) in [4.78, 5) is 2.42. The molecule has 1 aliphatic heterocycles. The Morgan fingerprint density at radius 3 is 2.70 bits per heavy atom. The van der Waals surface area contributed by atoms with Crippen molar-refractivity contribution < 1.29 is 0 Å². The van der Waals surface area contributed by atoms with Gasteiger partial charge in [-0.2, -0.15) is 0 Å². The third-order valence-corrected chi connectivity index (χ3v) is 5.05. The van der Waals surface area contributed by atoms with Gasteiger partial charge in [0.15, 0.2) is 0 Å². The van der Waals surface area contributed by atoms with Crippen LogP contribution in [0.15, 0.2) is 53.0 Å². The summed E-state index contributed by atoms with van der Waals surface area (Å²) in [6, 6.07) is 17.0. The first kappa shape index (κ1) is 13.9. The van der Waals surface area contributed by atoms with Crippen molar-refractivity contribution in [1.82, 2.24) is 5.32 Å². The van der Waals surface area contributed by atoms with Gasteiger partial charge in [0.25, 0.3) is 0 Å². The van der Waals surface area contributed by atoms with E-state index in [-0.39, 0.29) is 0 Å². The standard InChI is InChI=1S/C16H16BrClN2/c17-16-13(18)7-4-8-14(16)20-10-9-19-11-15(20)12-5-2-1-3-6-12/h1-8,15,19H,9-11H2. The second kappa shape index (κ2) is 6.17. The van der Waals surface area contributed by atoms with Gasteiger partial charge in [-0.15, -0.1) is 0 Å². The topological polar surface area (TPSA) is 15.3 Å². The van der Waals surface area contributed by atoms with Crippen molar-refractivity contribution in [2.75, 3.05) is 24.5 Å². The fraction of sp³-hybridized carbons (Fsp3) is 0.250. The number of piperazine rings is 1. The Labute approximate surface area is 132 Å². The minimum atomic E-state index is 0.333. The van der Waals surface area contributed by atoms with Gasteiger partial charge in [-0.25, -0.2) is 0 Å². The van der Waals surface area contributed by atoms with Crippen LogP contribution < -0.4 is 10.2 Å². The molecule has 0 aliphatic carbocycles. The number of nitrogens with one attached hydrogen (secondary N) is 1. The maximum atomic E-state index is 6.24. The summed E-state index contributed by atoms with van der Waals surface area (Å²) < 4.78 is 0.976. The van der Waals surface area contributed by atoms with Crippen molar-refractivity contribution in [2.45, 2.75) is 6.04 Å². The van der Waals surface area contributed by atoms with Crippen LogP contribution in [0.25, 0.3) is 0 Å². The Morgan fingerprint density at radius 2 is 1.90 bits per heavy atom. The van der Waals surface area contributed by atoms with E-state index in [9.17, 15) is 0 Å². The molecule has 0 radical (unpaired) electrons. The Bertz CT molecular complexity index is 588. The van der Waals surface area contributed by atoms with Gasteiger partial charge >= 0.3 is 0 Å². The van der Waals surface area contributed by atoms with Gasteiger partial charge in [-0.05, 0) is 33.6 Å². The highest BCUT2D eigenvalue weighted by atomic mass is 79.9. The van der Waals surface area contributed by atoms with E-state index >= 15 is 0 Å². The Kier molecular flexibility index (Phi) is 4.29. The van der Waals surface area contributed by atoms with Crippen LogP contribution in [-0.4, -0.2) is 19.6 Å². The average molecular weight is 352 g/mol. The third kappa shape index (κ3) is 2.71. The summed E-state index contributed by atoms with van der Waals surface area (Å²) in [5, 5.41) is 4.23. The smallest absolute Gasteiger partial charge is 0.0667 e. The van der Waals surface area contributed by atoms with E-state index < -0.39 is 0 Å². The first-order chi connectivity index (χ1) is 9.77. The maximum absolute atomic E-state index is 6.24. The number of hydrogen-bond donors (Lipinski definition) is 1. The van der Waals surface area contributed by atoms with Gasteiger partial charge in [0, 0.05) is 19.6 Å². The molecule has 0 saturated carbocycles. The fourth-order valence-corrected chi connectivity index (χ4v) is 3.34. The molecule has 0 amide bonds. The van der Waals surface area contributed by atoms with Crippen LogP contribution in [-0.2, 0) is 0 Å². The Hall–Kier alpha value is -1.03. The van der Waals surface area contributed by atoms with E-state index in [4.69, 9.17) is 11.6 Å². The Balaban J connectivity index is 1.99. The molecule has 2 nitrogen and oxygen atoms in total. The average Bonchev–Trinajstić information content (AvgIpc) is 2.51. The van der Waals surface area contributed by atoms with E-state index in [2.05, 4.69) is 62.5 Å². The fourth-order valence-electron chi connectivity index (χ4n) is 2.68. The molecule has 1 N–H and O–H groups in total. The number of halogens is 2. The summed E-state index contributed by atoms with van der Waals surface area (Å²) in [7, 11) is 0. The minimum absolute atomic E-state index is 0.333. The molecule has 0 bridgehead atoms. The molecule has 1 saturated heterocycles. The van der Waals surface area contributed by atoms with E-state index in [1.807, 2.05) is 12.1 Å². The zero-order valence-corrected chi connectivity index (χ0v) is 13.4. The highest BCUT2D eigenvalue weighted by molar-refractivity contribution is 9.10. The molecule has 3 rings (SSSR count). The van der Waals surface area contributed by atoms with Crippen LogP contribution in [0.2, 0.25) is 5.02 Å². The van der Waals surface area contributed by atoms with Crippen LogP contribution in [0.5, 0.6) is 0 Å². The van der Waals surface area contributed by atoms with Gasteiger partial charge < -0.3 is 10.2 Å². The van der Waals surface area contributed by atoms with E-state index in [1.54, 1.807) is 0 Å². The molecule has 1 atom stereocenters. The van der Waals surface area contributed by atoms with E-state index in [0.717, 1.165) is 34.8 Å². The molecule has 0 spiro atoms. The van der Waals surface area contributed by atoms with Crippen molar-refractivity contribution in [3.63, 3.8) is 0 Å². The lowest BCUT2D eigenvalue weighted by Gasteiger charge is -2.39. The number of benzene rings is 2. The van der Waals surface area contributed by atoms with Gasteiger partial charge in [0.2, 0.25) is 0 Å². The van der Waals surface area contributed by atoms with Crippen LogP contribution in [0.3, 0.4) is 0 Å². The van der Waals surface area contributed by atoms with Gasteiger partial charge in [-0.1, -0.05) is 48.0 Å². The van der Waals surface area contributed by atoms with Crippen LogP contribution >= 0.6 is 27.5 Å².